The molecule has 7 N–H and O–H groups in total. The molecule has 3 unspecified atom stereocenters. The normalized spacial score (nSPS) is 22.1. The Bertz CT molecular complexity index is 1910. The van der Waals surface area contributed by atoms with Crippen LogP contribution in [0.4, 0.5) is 5.69 Å². The molecule has 1 aliphatic heterocycles. The first-order valence-electron chi connectivity index (χ1n) is 13.7. The van der Waals surface area contributed by atoms with E-state index in [-0.39, 0.29) is 18.0 Å². The van der Waals surface area contributed by atoms with E-state index in [1.807, 2.05) is 43.3 Å². The Labute approximate surface area is 253 Å². The van der Waals surface area contributed by atoms with E-state index in [4.69, 9.17) is 21.9 Å². The molecule has 0 radical (unpaired) electrons. The maximum Gasteiger partial charge on any atom is 0.262 e. The van der Waals surface area contributed by atoms with Crippen LogP contribution in [0.2, 0.25) is 0 Å². The predicted octanol–water partition coefficient (Wildman–Crippen LogP) is 3.65. The number of amides is 1. The third-order valence-corrected chi connectivity index (χ3v) is 10.9. The van der Waals surface area contributed by atoms with Crippen LogP contribution in [-0.4, -0.2) is 43.5 Å². The minimum absolute atomic E-state index is 0.119. The van der Waals surface area contributed by atoms with E-state index in [2.05, 4.69) is 11.9 Å². The number of nitrogens with zero attached hydrogens (tertiary/aromatic N) is 1. The molecule has 0 spiro atoms. The molecule has 3 atom stereocenters. The van der Waals surface area contributed by atoms with E-state index >= 15 is 0 Å². The summed E-state index contributed by atoms with van der Waals surface area (Å²) in [6, 6.07) is 16.5. The third kappa shape index (κ3) is 4.71. The van der Waals surface area contributed by atoms with E-state index in [1.165, 1.54) is 4.31 Å². The van der Waals surface area contributed by atoms with E-state index in [0.717, 1.165) is 22.3 Å². The molecule has 6 rings (SSSR count). The van der Waals surface area contributed by atoms with Crippen molar-refractivity contribution in [3.8, 4) is 11.5 Å². The number of anilines is 1. The number of benzene rings is 3. The second kappa shape index (κ2) is 10.6. The number of nitrogens with one attached hydrogen (secondary N) is 1. The van der Waals surface area contributed by atoms with Gasteiger partial charge in [-0.25, -0.2) is 8.42 Å². The Morgan fingerprint density at radius 3 is 2.56 bits per heavy atom. The van der Waals surface area contributed by atoms with Gasteiger partial charge in [0.05, 0.1) is 15.6 Å². The quantitative estimate of drug-likeness (QED) is 0.228. The molecule has 1 amide bonds. The number of para-hydroxylation sites is 1. The number of Topliss-reactive ketones (excluding diaryl/α,β-unsaturated/α-hetero) is 1. The second-order valence-corrected chi connectivity index (χ2v) is 13.7. The Hall–Kier alpha value is -4.07. The highest BCUT2D eigenvalue weighted by Crippen LogP contribution is 2.50. The number of nitrogen functional groups attached to an aromatic ring is 1. The summed E-state index contributed by atoms with van der Waals surface area (Å²) < 4.78 is 32.2. The molecule has 1 aliphatic carbocycles. The number of hydrogen-bond acceptors (Lipinski definition) is 9. The lowest BCUT2D eigenvalue weighted by atomic mass is 9.69. The van der Waals surface area contributed by atoms with Gasteiger partial charge in [-0.15, -0.1) is 11.3 Å². The summed E-state index contributed by atoms with van der Waals surface area (Å²) in [5.74, 6) is 0.361. The Morgan fingerprint density at radius 1 is 1.14 bits per heavy atom. The fourth-order valence-corrected chi connectivity index (χ4v) is 8.19. The van der Waals surface area contributed by atoms with E-state index < -0.39 is 39.3 Å². The number of thiophene rings is 1. The van der Waals surface area contributed by atoms with Gasteiger partial charge in [0.25, 0.3) is 5.91 Å². The van der Waals surface area contributed by atoms with Crippen LogP contribution in [0.1, 0.15) is 44.4 Å². The largest absolute Gasteiger partial charge is 0.457 e. The number of sulfonamides is 1. The lowest BCUT2D eigenvalue weighted by Gasteiger charge is -2.37. The number of ether oxygens (including phenoxy) is 1. The van der Waals surface area contributed by atoms with Gasteiger partial charge in [-0.2, -0.15) is 4.31 Å². The summed E-state index contributed by atoms with van der Waals surface area (Å²) in [5, 5.41) is 4.41. The average molecular weight is 618 g/mol. The molecular weight excluding hydrogens is 587 g/mol. The van der Waals surface area contributed by atoms with E-state index in [9.17, 15) is 18.0 Å². The standard InChI is InChI=1S/C31H31N5O5S2/c1-3-43(39,40)36-14-13-18(16-36)35-30(38)28-25-24-22(11-12-23(32)27(24)42-28)31(34,29(37)26(25)33)21-10-9-20(15-17(21)2)41-19-7-5-4-6-8-19/h3-12,15,18,26H,1,13-14,16,32-34H2,2H3,(H,35,38). The zero-order valence-electron chi connectivity index (χ0n) is 23.4. The molecular formula is C31H31N5O5S2. The molecule has 1 fully saturated rings. The number of nitrogens with two attached hydrogens (primary N) is 3. The molecule has 2 heterocycles. The van der Waals surface area contributed by atoms with Gasteiger partial charge in [0.2, 0.25) is 10.0 Å². The van der Waals surface area contributed by atoms with Crippen LogP contribution >= 0.6 is 11.3 Å². The lowest BCUT2D eigenvalue weighted by Crippen LogP contribution is -2.53. The fraction of sp³-hybridized carbons (Fsp3) is 0.226. The summed E-state index contributed by atoms with van der Waals surface area (Å²) in [4.78, 5) is 28.0. The first-order chi connectivity index (χ1) is 20.5. The summed E-state index contributed by atoms with van der Waals surface area (Å²) in [7, 11) is -3.60. The van der Waals surface area contributed by atoms with Crippen LogP contribution in [-0.2, 0) is 20.4 Å². The van der Waals surface area contributed by atoms with E-state index in [1.54, 1.807) is 24.3 Å². The van der Waals surface area contributed by atoms with Gasteiger partial charge in [0.1, 0.15) is 17.0 Å². The molecule has 3 aromatic carbocycles. The van der Waals surface area contributed by atoms with Crippen molar-refractivity contribution >= 4 is 48.8 Å². The fourth-order valence-electron chi connectivity index (χ4n) is 6.03. The van der Waals surface area contributed by atoms with Crippen LogP contribution in [0, 0.1) is 6.92 Å². The van der Waals surface area contributed by atoms with Crippen molar-refractivity contribution in [3.05, 3.63) is 99.8 Å². The summed E-state index contributed by atoms with van der Waals surface area (Å²) in [6.07, 6.45) is 0.437. The number of hydrogen-bond donors (Lipinski definition) is 4. The number of carbonyl (C=O) groups excluding carboxylic acids is 2. The second-order valence-electron chi connectivity index (χ2n) is 10.8. The Balaban J connectivity index is 1.39. The molecule has 10 nitrogen and oxygen atoms in total. The number of ketones is 1. The molecule has 0 bridgehead atoms. The number of rotatable bonds is 7. The van der Waals surface area contributed by atoms with Crippen molar-refractivity contribution in [2.45, 2.75) is 31.0 Å². The van der Waals surface area contributed by atoms with Gasteiger partial charge in [0.15, 0.2) is 5.78 Å². The molecule has 2 aliphatic rings. The topological polar surface area (TPSA) is 171 Å². The molecule has 12 heteroatoms. The van der Waals surface area contributed by atoms with Crippen LogP contribution in [0.5, 0.6) is 11.5 Å². The Morgan fingerprint density at radius 2 is 1.86 bits per heavy atom. The Kier molecular flexibility index (Phi) is 7.14. The maximum atomic E-state index is 14.1. The number of carbonyl (C=O) groups is 2. The SMILES string of the molecule is C=CS(=O)(=O)N1CCC(NC(=O)c2sc3c(N)ccc4c3c2C(N)C(=O)C4(N)c2ccc(Oc3ccccc3)cc2C)C1. The summed E-state index contributed by atoms with van der Waals surface area (Å²) >= 11 is 1.15. The zero-order valence-corrected chi connectivity index (χ0v) is 25.0. The van der Waals surface area contributed by atoms with Crippen molar-refractivity contribution < 1.29 is 22.7 Å². The molecule has 222 valence electrons. The summed E-state index contributed by atoms with van der Waals surface area (Å²) in [6.45, 7) is 5.60. The van der Waals surface area contributed by atoms with Gasteiger partial charge in [0, 0.05) is 41.2 Å². The van der Waals surface area contributed by atoms with Gasteiger partial charge < -0.3 is 27.3 Å². The highest BCUT2D eigenvalue weighted by atomic mass is 32.2. The van der Waals surface area contributed by atoms with Crippen LogP contribution in [0.3, 0.4) is 0 Å². The average Bonchev–Trinajstić information content (AvgIpc) is 3.63. The van der Waals surface area contributed by atoms with Crippen LogP contribution < -0.4 is 27.3 Å². The molecule has 0 saturated carbocycles. The minimum Gasteiger partial charge on any atom is -0.457 e. The van der Waals surface area contributed by atoms with Gasteiger partial charge in [-0.1, -0.05) is 36.9 Å². The van der Waals surface area contributed by atoms with Crippen molar-refractivity contribution in [3.63, 3.8) is 0 Å². The smallest absolute Gasteiger partial charge is 0.262 e. The van der Waals surface area contributed by atoms with Crippen molar-refractivity contribution in [1.29, 1.82) is 0 Å². The predicted molar refractivity (Wildman–Crippen MR) is 167 cm³/mol. The van der Waals surface area contributed by atoms with Crippen molar-refractivity contribution in [2.24, 2.45) is 11.5 Å². The summed E-state index contributed by atoms with van der Waals surface area (Å²) in [5.41, 5.74) is 21.1. The van der Waals surface area contributed by atoms with Crippen molar-refractivity contribution in [1.82, 2.24) is 9.62 Å². The van der Waals surface area contributed by atoms with Crippen LogP contribution in [0.15, 0.2) is 72.7 Å². The van der Waals surface area contributed by atoms with Gasteiger partial charge >= 0.3 is 0 Å². The first kappa shape index (κ1) is 29.0. The third-order valence-electron chi connectivity index (χ3n) is 8.18. The monoisotopic (exact) mass is 617 g/mol. The maximum absolute atomic E-state index is 14.1. The van der Waals surface area contributed by atoms with E-state index in [0.29, 0.717) is 50.4 Å². The number of aryl methyl sites for hydroxylation is 1. The van der Waals surface area contributed by atoms with Gasteiger partial charge in [-0.3, -0.25) is 9.59 Å². The highest BCUT2D eigenvalue weighted by molar-refractivity contribution is 7.92. The first-order valence-corrected chi connectivity index (χ1v) is 16.0. The minimum atomic E-state index is -3.60. The van der Waals surface area contributed by atoms with Gasteiger partial charge in [-0.05, 0) is 60.4 Å². The van der Waals surface area contributed by atoms with Crippen LogP contribution in [0.25, 0.3) is 10.1 Å². The molecule has 1 saturated heterocycles. The zero-order chi connectivity index (χ0) is 30.7. The molecule has 1 aromatic heterocycles. The lowest BCUT2D eigenvalue weighted by molar-refractivity contribution is -0.124. The highest BCUT2D eigenvalue weighted by Gasteiger charge is 2.49. The van der Waals surface area contributed by atoms with Crippen molar-refractivity contribution in [2.75, 3.05) is 18.8 Å². The molecule has 4 aromatic rings. The molecule has 43 heavy (non-hydrogen) atoms.